The molecule has 2 aromatic rings. The van der Waals surface area contributed by atoms with Gasteiger partial charge < -0.3 is 0 Å². The quantitative estimate of drug-likeness (QED) is 0.667. The van der Waals surface area contributed by atoms with E-state index in [1.54, 1.807) is 11.8 Å². The zero-order chi connectivity index (χ0) is 9.97. The van der Waals surface area contributed by atoms with E-state index in [0.29, 0.717) is 5.39 Å². The fourth-order valence-electron chi connectivity index (χ4n) is 1.48. The van der Waals surface area contributed by atoms with Gasteiger partial charge >= 0.3 is 0 Å². The maximum absolute atomic E-state index is 13.8. The number of fused-ring (bicyclic) bond motifs is 1. The highest BCUT2D eigenvalue weighted by molar-refractivity contribution is 7.99. The number of halogens is 1. The van der Waals surface area contributed by atoms with E-state index in [1.807, 2.05) is 43.3 Å². The molecule has 0 bridgehead atoms. The highest BCUT2D eigenvalue weighted by Gasteiger charge is 2.05. The molecule has 0 saturated heterocycles. The summed E-state index contributed by atoms with van der Waals surface area (Å²) in [5, 5.41) is 1.68. The van der Waals surface area contributed by atoms with Crippen LogP contribution < -0.4 is 0 Å². The summed E-state index contributed by atoms with van der Waals surface area (Å²) in [6.07, 6.45) is 0. The standard InChI is InChI=1S/C12H11FS/c1-2-14-11-8-7-9-5-3-4-6-10(9)12(11)13/h3-8H,2H2,1H3. The minimum absolute atomic E-state index is 0.0880. The molecule has 0 aliphatic heterocycles. The Bertz CT molecular complexity index is 451. The molecule has 14 heavy (non-hydrogen) atoms. The smallest absolute Gasteiger partial charge is 0.144 e. The minimum Gasteiger partial charge on any atom is -0.205 e. The van der Waals surface area contributed by atoms with Crippen molar-refractivity contribution in [1.29, 1.82) is 0 Å². The van der Waals surface area contributed by atoms with E-state index in [2.05, 4.69) is 0 Å². The highest BCUT2D eigenvalue weighted by Crippen LogP contribution is 2.27. The van der Waals surface area contributed by atoms with Crippen molar-refractivity contribution in [3.8, 4) is 0 Å². The monoisotopic (exact) mass is 206 g/mol. The second kappa shape index (κ2) is 4.01. The summed E-state index contributed by atoms with van der Waals surface area (Å²) in [5.74, 6) is 0.810. The molecule has 0 saturated carbocycles. The molecule has 0 aliphatic carbocycles. The van der Waals surface area contributed by atoms with Crippen LogP contribution in [0.3, 0.4) is 0 Å². The summed E-state index contributed by atoms with van der Waals surface area (Å²) in [5.41, 5.74) is 0. The third-order valence-corrected chi connectivity index (χ3v) is 3.04. The summed E-state index contributed by atoms with van der Waals surface area (Å²) in [7, 11) is 0. The first-order chi connectivity index (χ1) is 6.83. The van der Waals surface area contributed by atoms with E-state index in [1.165, 1.54) is 0 Å². The lowest BCUT2D eigenvalue weighted by Gasteiger charge is -2.04. The summed E-state index contributed by atoms with van der Waals surface area (Å²) in [6.45, 7) is 2.03. The van der Waals surface area contributed by atoms with Gasteiger partial charge in [0.05, 0.1) is 0 Å². The molecule has 0 N–H and O–H groups in total. The Labute approximate surface area is 87.1 Å². The van der Waals surface area contributed by atoms with Crippen LogP contribution in [0.2, 0.25) is 0 Å². The molecule has 0 unspecified atom stereocenters. The van der Waals surface area contributed by atoms with E-state index in [4.69, 9.17) is 0 Å². The van der Waals surface area contributed by atoms with Crippen LogP contribution in [0.5, 0.6) is 0 Å². The summed E-state index contributed by atoms with van der Waals surface area (Å²) in [4.78, 5) is 0.742. The minimum atomic E-state index is -0.0880. The lowest BCUT2D eigenvalue weighted by Crippen LogP contribution is -1.84. The number of thioether (sulfide) groups is 1. The fraction of sp³-hybridized carbons (Fsp3) is 0.167. The van der Waals surface area contributed by atoms with Gasteiger partial charge in [0.1, 0.15) is 5.82 Å². The van der Waals surface area contributed by atoms with E-state index in [0.717, 1.165) is 16.0 Å². The van der Waals surface area contributed by atoms with Crippen molar-refractivity contribution in [1.82, 2.24) is 0 Å². The number of benzene rings is 2. The molecule has 2 aromatic carbocycles. The molecule has 0 nitrogen and oxygen atoms in total. The first-order valence-corrected chi connectivity index (χ1v) is 5.61. The summed E-state index contributed by atoms with van der Waals surface area (Å²) >= 11 is 1.54. The number of hydrogen-bond acceptors (Lipinski definition) is 1. The van der Waals surface area contributed by atoms with Gasteiger partial charge in [0, 0.05) is 10.3 Å². The Morgan fingerprint density at radius 1 is 1.14 bits per heavy atom. The van der Waals surface area contributed by atoms with Crippen molar-refractivity contribution in [2.45, 2.75) is 11.8 Å². The van der Waals surface area contributed by atoms with E-state index in [9.17, 15) is 4.39 Å². The molecule has 0 atom stereocenters. The van der Waals surface area contributed by atoms with Gasteiger partial charge in [-0.05, 0) is 17.2 Å². The predicted molar refractivity (Wildman–Crippen MR) is 60.3 cm³/mol. The molecular weight excluding hydrogens is 195 g/mol. The molecule has 0 fully saturated rings. The van der Waals surface area contributed by atoms with Crippen LogP contribution in [0.4, 0.5) is 4.39 Å². The third kappa shape index (κ3) is 1.62. The van der Waals surface area contributed by atoms with E-state index >= 15 is 0 Å². The van der Waals surface area contributed by atoms with Crippen molar-refractivity contribution in [2.75, 3.05) is 5.75 Å². The first-order valence-electron chi connectivity index (χ1n) is 4.63. The molecule has 0 aromatic heterocycles. The Balaban J connectivity index is 2.63. The predicted octanol–water partition coefficient (Wildman–Crippen LogP) is 4.09. The van der Waals surface area contributed by atoms with Crippen molar-refractivity contribution in [3.63, 3.8) is 0 Å². The zero-order valence-electron chi connectivity index (χ0n) is 7.96. The van der Waals surface area contributed by atoms with Gasteiger partial charge in [-0.3, -0.25) is 0 Å². The average molecular weight is 206 g/mol. The van der Waals surface area contributed by atoms with Gasteiger partial charge in [0.2, 0.25) is 0 Å². The van der Waals surface area contributed by atoms with Gasteiger partial charge in [-0.25, -0.2) is 4.39 Å². The van der Waals surface area contributed by atoms with Gasteiger partial charge in [-0.2, -0.15) is 0 Å². The van der Waals surface area contributed by atoms with Crippen molar-refractivity contribution in [2.24, 2.45) is 0 Å². The van der Waals surface area contributed by atoms with Crippen molar-refractivity contribution >= 4 is 22.5 Å². The van der Waals surface area contributed by atoms with Gasteiger partial charge in [0.25, 0.3) is 0 Å². The van der Waals surface area contributed by atoms with Gasteiger partial charge in [0.15, 0.2) is 0 Å². The fourth-order valence-corrected chi connectivity index (χ4v) is 2.19. The highest BCUT2D eigenvalue weighted by atomic mass is 32.2. The Hall–Kier alpha value is -1.02. The normalized spacial score (nSPS) is 10.7. The molecule has 2 heteroatoms. The number of rotatable bonds is 2. The van der Waals surface area contributed by atoms with Crippen LogP contribution in [-0.2, 0) is 0 Å². The Morgan fingerprint density at radius 3 is 2.71 bits per heavy atom. The third-order valence-electron chi connectivity index (χ3n) is 2.13. The largest absolute Gasteiger partial charge is 0.205 e. The van der Waals surface area contributed by atoms with Gasteiger partial charge in [-0.15, -0.1) is 11.8 Å². The molecular formula is C12H11FS. The molecule has 0 aliphatic rings. The van der Waals surface area contributed by atoms with Crippen LogP contribution in [0.15, 0.2) is 41.3 Å². The van der Waals surface area contributed by atoms with E-state index in [-0.39, 0.29) is 5.82 Å². The molecule has 0 heterocycles. The van der Waals surface area contributed by atoms with Crippen LogP contribution >= 0.6 is 11.8 Å². The molecule has 2 rings (SSSR count). The van der Waals surface area contributed by atoms with Crippen molar-refractivity contribution < 1.29 is 4.39 Å². The topological polar surface area (TPSA) is 0 Å². The second-order valence-corrected chi connectivity index (χ2v) is 4.34. The van der Waals surface area contributed by atoms with Gasteiger partial charge in [-0.1, -0.05) is 37.3 Å². The second-order valence-electron chi connectivity index (χ2n) is 3.03. The van der Waals surface area contributed by atoms with Crippen LogP contribution in [0.1, 0.15) is 6.92 Å². The molecule has 0 amide bonds. The number of hydrogen-bond donors (Lipinski definition) is 0. The Morgan fingerprint density at radius 2 is 1.93 bits per heavy atom. The van der Waals surface area contributed by atoms with E-state index < -0.39 is 0 Å². The molecule has 0 radical (unpaired) electrons. The maximum Gasteiger partial charge on any atom is 0.144 e. The average Bonchev–Trinajstić information content (AvgIpc) is 2.23. The lowest BCUT2D eigenvalue weighted by atomic mass is 10.1. The SMILES string of the molecule is CCSc1ccc2ccccc2c1F. The maximum atomic E-state index is 13.8. The lowest BCUT2D eigenvalue weighted by molar-refractivity contribution is 0.614. The van der Waals surface area contributed by atoms with Crippen molar-refractivity contribution in [3.05, 3.63) is 42.2 Å². The molecule has 0 spiro atoms. The zero-order valence-corrected chi connectivity index (χ0v) is 8.77. The van der Waals surface area contributed by atoms with Crippen LogP contribution in [0, 0.1) is 5.82 Å². The molecule has 72 valence electrons. The summed E-state index contributed by atoms with van der Waals surface area (Å²) < 4.78 is 13.8. The van der Waals surface area contributed by atoms with Crippen LogP contribution in [0.25, 0.3) is 10.8 Å². The Kier molecular flexibility index (Phi) is 2.73. The first kappa shape index (κ1) is 9.53. The van der Waals surface area contributed by atoms with Crippen LogP contribution in [-0.4, -0.2) is 5.75 Å². The summed E-state index contributed by atoms with van der Waals surface area (Å²) in [6, 6.07) is 11.4.